The summed E-state index contributed by atoms with van der Waals surface area (Å²) in [6.07, 6.45) is -0.645. The van der Waals surface area contributed by atoms with E-state index >= 15 is 0 Å². The second-order valence-electron chi connectivity index (χ2n) is 5.89. The summed E-state index contributed by atoms with van der Waals surface area (Å²) in [6, 6.07) is 13.0. The molecule has 2 aromatic carbocycles. The van der Waals surface area contributed by atoms with Crippen LogP contribution >= 0.6 is 0 Å². The van der Waals surface area contributed by atoms with E-state index in [4.69, 9.17) is 14.2 Å². The van der Waals surface area contributed by atoms with Crippen LogP contribution in [0.4, 0.5) is 0 Å². The Morgan fingerprint density at radius 1 is 1.15 bits per heavy atom. The molecule has 0 aliphatic carbocycles. The number of benzene rings is 2. The monoisotopic (exact) mass is 359 g/mol. The van der Waals surface area contributed by atoms with Crippen molar-refractivity contribution in [2.24, 2.45) is 0 Å². The van der Waals surface area contributed by atoms with E-state index in [0.717, 1.165) is 16.9 Å². The van der Waals surface area contributed by atoms with Crippen LogP contribution in [-0.4, -0.2) is 44.6 Å². The van der Waals surface area contributed by atoms with E-state index in [0.29, 0.717) is 24.4 Å². The molecule has 1 atom stereocenters. The number of aliphatic hydroxyl groups excluding tert-OH is 1. The molecule has 0 saturated heterocycles. The fraction of sp³-hybridized carbons (Fsp3) is 0.350. The van der Waals surface area contributed by atoms with Gasteiger partial charge in [0, 0.05) is 13.1 Å². The van der Waals surface area contributed by atoms with Gasteiger partial charge in [-0.15, -0.1) is 0 Å². The average molecular weight is 359 g/mol. The van der Waals surface area contributed by atoms with E-state index < -0.39 is 12.1 Å². The van der Waals surface area contributed by atoms with Gasteiger partial charge in [0.05, 0.1) is 14.2 Å². The van der Waals surface area contributed by atoms with E-state index in [1.807, 2.05) is 37.3 Å². The average Bonchev–Trinajstić information content (AvgIpc) is 2.66. The van der Waals surface area contributed by atoms with Crippen molar-refractivity contribution in [2.75, 3.05) is 27.4 Å². The first-order valence-electron chi connectivity index (χ1n) is 8.37. The van der Waals surface area contributed by atoms with Crippen molar-refractivity contribution in [1.82, 2.24) is 5.32 Å². The molecule has 0 aliphatic rings. The number of carbonyl (C=O) groups excluding carboxylic acids is 1. The molecular weight excluding hydrogens is 334 g/mol. The van der Waals surface area contributed by atoms with Gasteiger partial charge in [0.15, 0.2) is 0 Å². The van der Waals surface area contributed by atoms with Crippen LogP contribution in [0.15, 0.2) is 42.5 Å². The van der Waals surface area contributed by atoms with Crippen molar-refractivity contribution in [2.45, 2.75) is 19.6 Å². The highest BCUT2D eigenvalue weighted by molar-refractivity contribution is 5.92. The number of ether oxygens (including phenoxy) is 3. The topological polar surface area (TPSA) is 77.0 Å². The van der Waals surface area contributed by atoms with Gasteiger partial charge in [0.1, 0.15) is 29.8 Å². The van der Waals surface area contributed by atoms with Gasteiger partial charge >= 0.3 is 5.97 Å². The lowest BCUT2D eigenvalue weighted by Crippen LogP contribution is -2.31. The number of aryl methyl sites for hydroxylation is 1. The second kappa shape index (κ2) is 9.79. The first-order valence-corrected chi connectivity index (χ1v) is 8.37. The van der Waals surface area contributed by atoms with E-state index in [1.54, 1.807) is 12.1 Å². The van der Waals surface area contributed by atoms with Gasteiger partial charge in [-0.3, -0.25) is 0 Å². The summed E-state index contributed by atoms with van der Waals surface area (Å²) in [6.45, 7) is 3.03. The Balaban J connectivity index is 1.83. The Kier molecular flexibility index (Phi) is 7.44. The molecule has 6 heteroatoms. The zero-order valence-corrected chi connectivity index (χ0v) is 15.3. The normalized spacial score (nSPS) is 11.7. The van der Waals surface area contributed by atoms with Crippen molar-refractivity contribution < 1.29 is 24.1 Å². The number of esters is 1. The van der Waals surface area contributed by atoms with Gasteiger partial charge in [-0.2, -0.15) is 0 Å². The highest BCUT2D eigenvalue weighted by atomic mass is 16.5. The molecule has 0 heterocycles. The van der Waals surface area contributed by atoms with E-state index in [1.165, 1.54) is 14.2 Å². The molecule has 0 aromatic heterocycles. The number of methoxy groups -OCH3 is 2. The molecule has 0 fully saturated rings. The lowest BCUT2D eigenvalue weighted by Gasteiger charge is -2.15. The molecule has 0 aliphatic heterocycles. The third-order valence-electron chi connectivity index (χ3n) is 3.90. The maximum absolute atomic E-state index is 11.8. The van der Waals surface area contributed by atoms with Gasteiger partial charge in [0.2, 0.25) is 0 Å². The van der Waals surface area contributed by atoms with Gasteiger partial charge in [-0.05, 0) is 36.2 Å². The molecule has 140 valence electrons. The highest BCUT2D eigenvalue weighted by Gasteiger charge is 2.13. The fourth-order valence-corrected chi connectivity index (χ4v) is 2.48. The summed E-state index contributed by atoms with van der Waals surface area (Å²) in [5, 5.41) is 13.2. The van der Waals surface area contributed by atoms with Gasteiger partial charge in [0.25, 0.3) is 0 Å². The fourth-order valence-electron chi connectivity index (χ4n) is 2.48. The summed E-state index contributed by atoms with van der Waals surface area (Å²) < 4.78 is 15.6. The van der Waals surface area contributed by atoms with E-state index in [2.05, 4.69) is 5.32 Å². The molecule has 0 bridgehead atoms. The lowest BCUT2D eigenvalue weighted by molar-refractivity contribution is 0.0597. The smallest absolute Gasteiger partial charge is 0.341 e. The van der Waals surface area contributed by atoms with Crippen LogP contribution in [0.5, 0.6) is 11.5 Å². The second-order valence-corrected chi connectivity index (χ2v) is 5.89. The van der Waals surface area contributed by atoms with Crippen LogP contribution in [0.2, 0.25) is 0 Å². The summed E-state index contributed by atoms with van der Waals surface area (Å²) >= 11 is 0. The Labute approximate surface area is 153 Å². The van der Waals surface area contributed by atoms with Gasteiger partial charge in [-0.25, -0.2) is 4.79 Å². The summed E-state index contributed by atoms with van der Waals surface area (Å²) in [5.74, 6) is 0.784. The minimum absolute atomic E-state index is 0.202. The first-order chi connectivity index (χ1) is 12.5. The Morgan fingerprint density at radius 2 is 1.92 bits per heavy atom. The third-order valence-corrected chi connectivity index (χ3v) is 3.90. The first kappa shape index (κ1) is 19.8. The van der Waals surface area contributed by atoms with Crippen molar-refractivity contribution in [1.29, 1.82) is 0 Å². The number of rotatable bonds is 9. The minimum atomic E-state index is -0.645. The minimum Gasteiger partial charge on any atom is -0.496 e. The van der Waals surface area contributed by atoms with Crippen LogP contribution in [-0.2, 0) is 11.3 Å². The molecule has 2 rings (SSSR count). The lowest BCUT2D eigenvalue weighted by atomic mass is 10.1. The predicted molar refractivity (Wildman–Crippen MR) is 98.7 cm³/mol. The largest absolute Gasteiger partial charge is 0.496 e. The number of para-hydroxylation sites is 1. The molecule has 0 spiro atoms. The van der Waals surface area contributed by atoms with Crippen LogP contribution in [0.1, 0.15) is 21.5 Å². The molecule has 1 unspecified atom stereocenters. The van der Waals surface area contributed by atoms with Crippen LogP contribution in [0.25, 0.3) is 0 Å². The molecule has 6 nitrogen and oxygen atoms in total. The maximum atomic E-state index is 11.8. The third kappa shape index (κ3) is 5.47. The maximum Gasteiger partial charge on any atom is 0.341 e. The molecule has 2 aromatic rings. The molecule has 2 N–H and O–H groups in total. The standard InChI is InChI=1S/C20H25NO5/c1-14-6-4-5-7-18(14)26-13-16(22)12-21-11-15-8-9-19(24-2)17(10-15)20(23)25-3/h4-10,16,21-22H,11-13H2,1-3H3. The predicted octanol–water partition coefficient (Wildman–Crippen LogP) is 2.32. The zero-order valence-electron chi connectivity index (χ0n) is 15.3. The van der Waals surface area contributed by atoms with E-state index in [9.17, 15) is 9.90 Å². The Morgan fingerprint density at radius 3 is 2.62 bits per heavy atom. The van der Waals surface area contributed by atoms with Crippen molar-refractivity contribution in [3.8, 4) is 11.5 Å². The van der Waals surface area contributed by atoms with E-state index in [-0.39, 0.29) is 6.61 Å². The zero-order chi connectivity index (χ0) is 18.9. The summed E-state index contributed by atoms with van der Waals surface area (Å²) in [5.41, 5.74) is 2.29. The van der Waals surface area contributed by atoms with Crippen LogP contribution < -0.4 is 14.8 Å². The van der Waals surface area contributed by atoms with Gasteiger partial charge < -0.3 is 24.6 Å². The highest BCUT2D eigenvalue weighted by Crippen LogP contribution is 2.21. The van der Waals surface area contributed by atoms with Crippen LogP contribution in [0.3, 0.4) is 0 Å². The molecule has 26 heavy (non-hydrogen) atoms. The molecular formula is C20H25NO5. The van der Waals surface area contributed by atoms with Crippen molar-refractivity contribution in [3.05, 3.63) is 59.2 Å². The van der Waals surface area contributed by atoms with Crippen molar-refractivity contribution in [3.63, 3.8) is 0 Å². The van der Waals surface area contributed by atoms with Crippen molar-refractivity contribution >= 4 is 5.97 Å². The van der Waals surface area contributed by atoms with Crippen LogP contribution in [0, 0.1) is 6.92 Å². The number of nitrogens with one attached hydrogen (secondary N) is 1. The molecule has 0 radical (unpaired) electrons. The number of aliphatic hydroxyl groups is 1. The summed E-state index contributed by atoms with van der Waals surface area (Å²) in [4.78, 5) is 11.8. The quantitative estimate of drug-likeness (QED) is 0.669. The Hall–Kier alpha value is -2.57. The SMILES string of the molecule is COC(=O)c1cc(CNCC(O)COc2ccccc2C)ccc1OC. The number of hydrogen-bond donors (Lipinski definition) is 2. The number of hydrogen-bond acceptors (Lipinski definition) is 6. The number of carbonyl (C=O) groups is 1. The molecule has 0 saturated carbocycles. The van der Waals surface area contributed by atoms with Gasteiger partial charge in [-0.1, -0.05) is 24.3 Å². The Bertz CT molecular complexity index is 732. The molecule has 0 amide bonds. The summed E-state index contributed by atoms with van der Waals surface area (Å²) in [7, 11) is 2.84.